The molecule has 3 heterocycles. The monoisotopic (exact) mass is 471 g/mol. The molecule has 3 fully saturated rings. The molecule has 6 aliphatic rings. The third kappa shape index (κ3) is 3.39. The molecule has 7 rings (SSSR count). The van der Waals surface area contributed by atoms with E-state index in [1.165, 1.54) is 27.8 Å². The first kappa shape index (κ1) is 21.4. The molecule has 0 unspecified atom stereocenters. The Morgan fingerprint density at radius 2 is 1.97 bits per heavy atom. The predicted molar refractivity (Wildman–Crippen MR) is 135 cm³/mol. The summed E-state index contributed by atoms with van der Waals surface area (Å²) in [5.74, 6) is 1.72. The number of carbonyl (C=O) groups is 2. The van der Waals surface area contributed by atoms with E-state index in [0.29, 0.717) is 18.4 Å². The van der Waals surface area contributed by atoms with Crippen molar-refractivity contribution in [2.75, 3.05) is 25.1 Å². The highest BCUT2D eigenvalue weighted by Gasteiger charge is 2.58. The number of amides is 2. The summed E-state index contributed by atoms with van der Waals surface area (Å²) in [6, 6.07) is 6.64. The van der Waals surface area contributed by atoms with Crippen LogP contribution >= 0.6 is 0 Å². The van der Waals surface area contributed by atoms with Gasteiger partial charge in [-0.1, -0.05) is 25.1 Å². The SMILES string of the molecule is CC1=C(C2=NC3(CC3)C(=O)N2CC2CN(C(=O)C3(C)CC3)C2)CCC(c2ccc3c(c2)NNC3)=C1. The number of allylic oxidation sites excluding steroid dienone is 3. The van der Waals surface area contributed by atoms with Gasteiger partial charge in [0.25, 0.3) is 5.91 Å². The molecule has 1 aromatic carbocycles. The second-order valence-corrected chi connectivity index (χ2v) is 11.7. The summed E-state index contributed by atoms with van der Waals surface area (Å²) in [7, 11) is 0. The molecule has 3 aliphatic carbocycles. The van der Waals surface area contributed by atoms with Gasteiger partial charge in [-0.15, -0.1) is 0 Å². The average Bonchev–Trinajstić information content (AvgIpc) is 3.70. The number of rotatable bonds is 5. The van der Waals surface area contributed by atoms with E-state index in [2.05, 4.69) is 49.0 Å². The number of anilines is 1. The Morgan fingerprint density at radius 3 is 2.69 bits per heavy atom. The fourth-order valence-corrected chi connectivity index (χ4v) is 6.07. The van der Waals surface area contributed by atoms with Gasteiger partial charge in [0.1, 0.15) is 11.4 Å². The first-order valence-corrected chi connectivity index (χ1v) is 13.1. The highest BCUT2D eigenvalue weighted by molar-refractivity contribution is 6.17. The Bertz CT molecular complexity index is 1240. The molecule has 2 saturated carbocycles. The van der Waals surface area contributed by atoms with Gasteiger partial charge in [0, 0.05) is 37.5 Å². The van der Waals surface area contributed by atoms with Crippen LogP contribution in [0.25, 0.3) is 5.57 Å². The van der Waals surface area contributed by atoms with E-state index >= 15 is 0 Å². The normalized spacial score (nSPS) is 25.8. The third-order valence-corrected chi connectivity index (χ3v) is 8.91. The molecule has 7 heteroatoms. The largest absolute Gasteiger partial charge is 0.341 e. The highest BCUT2D eigenvalue weighted by atomic mass is 16.2. The van der Waals surface area contributed by atoms with Crippen molar-refractivity contribution in [2.24, 2.45) is 16.3 Å². The lowest BCUT2D eigenvalue weighted by atomic mass is 9.87. The Labute approximate surface area is 206 Å². The number of likely N-dealkylation sites (tertiary alicyclic amines) is 1. The minimum atomic E-state index is -0.494. The zero-order valence-corrected chi connectivity index (χ0v) is 20.6. The zero-order valence-electron chi connectivity index (χ0n) is 20.6. The van der Waals surface area contributed by atoms with Crippen LogP contribution in [0.2, 0.25) is 0 Å². The lowest BCUT2D eigenvalue weighted by Gasteiger charge is -2.42. The summed E-state index contributed by atoms with van der Waals surface area (Å²) in [5.41, 5.74) is 13.3. The summed E-state index contributed by atoms with van der Waals surface area (Å²) in [5, 5.41) is 0. The molecule has 1 aromatic rings. The number of aliphatic imine (C=N–C) groups is 1. The van der Waals surface area contributed by atoms with Crippen molar-refractivity contribution in [1.29, 1.82) is 0 Å². The molecule has 7 nitrogen and oxygen atoms in total. The van der Waals surface area contributed by atoms with Gasteiger partial charge in [-0.3, -0.25) is 19.5 Å². The molecule has 0 atom stereocenters. The quantitative estimate of drug-likeness (QED) is 0.688. The highest BCUT2D eigenvalue weighted by Crippen LogP contribution is 2.49. The van der Waals surface area contributed by atoms with Gasteiger partial charge in [-0.2, -0.15) is 0 Å². The maximum atomic E-state index is 13.4. The van der Waals surface area contributed by atoms with Crippen LogP contribution in [-0.2, 0) is 16.1 Å². The van der Waals surface area contributed by atoms with Crippen LogP contribution in [0.5, 0.6) is 0 Å². The Kier molecular flexibility index (Phi) is 4.45. The average molecular weight is 472 g/mol. The minimum absolute atomic E-state index is 0.113. The summed E-state index contributed by atoms with van der Waals surface area (Å²) < 4.78 is 0. The van der Waals surface area contributed by atoms with Crippen LogP contribution in [0.15, 0.2) is 40.4 Å². The molecule has 0 bridgehead atoms. The number of hydrazine groups is 1. The van der Waals surface area contributed by atoms with E-state index in [1.807, 2.05) is 9.80 Å². The molecule has 35 heavy (non-hydrogen) atoms. The molecule has 0 radical (unpaired) electrons. The van der Waals surface area contributed by atoms with Gasteiger partial charge in [0.15, 0.2) is 0 Å². The molecule has 0 aromatic heterocycles. The van der Waals surface area contributed by atoms with Gasteiger partial charge in [0.05, 0.1) is 5.69 Å². The third-order valence-electron chi connectivity index (χ3n) is 8.91. The zero-order chi connectivity index (χ0) is 23.9. The number of fused-ring (bicyclic) bond motifs is 1. The maximum absolute atomic E-state index is 13.4. The lowest BCUT2D eigenvalue weighted by Crippen LogP contribution is -2.56. The molecule has 1 spiro atoms. The standard InChI is InChI=1S/C28H33N5O2/c1-17-11-19(20-3-4-21-13-29-31-23(21)12-20)5-6-22(17)24-30-28(9-10-28)26(35)33(24)16-18-14-32(15-18)25(34)27(2)7-8-27/h3-4,11-12,18,29,31H,5-10,13-16H2,1-2H3. The van der Waals surface area contributed by atoms with Crippen LogP contribution in [0, 0.1) is 11.3 Å². The van der Waals surface area contributed by atoms with Crippen molar-refractivity contribution in [3.05, 3.63) is 46.5 Å². The number of amidine groups is 1. The summed E-state index contributed by atoms with van der Waals surface area (Å²) in [6.07, 6.45) is 7.87. The van der Waals surface area contributed by atoms with Crippen molar-refractivity contribution in [1.82, 2.24) is 15.2 Å². The first-order chi connectivity index (χ1) is 16.9. The maximum Gasteiger partial charge on any atom is 0.256 e. The van der Waals surface area contributed by atoms with E-state index < -0.39 is 5.54 Å². The Balaban J connectivity index is 1.11. The number of nitrogens with zero attached hydrogens (tertiary/aromatic N) is 3. The Morgan fingerprint density at radius 1 is 1.17 bits per heavy atom. The molecule has 2 N–H and O–H groups in total. The van der Waals surface area contributed by atoms with E-state index in [-0.39, 0.29) is 11.3 Å². The van der Waals surface area contributed by atoms with Gasteiger partial charge >= 0.3 is 0 Å². The van der Waals surface area contributed by atoms with Gasteiger partial charge in [-0.05, 0) is 79.4 Å². The molecule has 3 aliphatic heterocycles. The Hall–Kier alpha value is -2.93. The molecule has 1 saturated heterocycles. The van der Waals surface area contributed by atoms with E-state index in [9.17, 15) is 9.59 Å². The van der Waals surface area contributed by atoms with Gasteiger partial charge in [0.2, 0.25) is 5.91 Å². The van der Waals surface area contributed by atoms with Crippen molar-refractivity contribution in [2.45, 2.75) is 64.5 Å². The second-order valence-electron chi connectivity index (χ2n) is 11.7. The number of hydrogen-bond acceptors (Lipinski definition) is 5. The van der Waals surface area contributed by atoms with Crippen LogP contribution < -0.4 is 10.9 Å². The van der Waals surface area contributed by atoms with Crippen molar-refractivity contribution >= 4 is 28.9 Å². The van der Waals surface area contributed by atoms with Crippen molar-refractivity contribution in [3.63, 3.8) is 0 Å². The summed E-state index contributed by atoms with van der Waals surface area (Å²) >= 11 is 0. The molecule has 182 valence electrons. The van der Waals surface area contributed by atoms with E-state index in [4.69, 9.17) is 4.99 Å². The van der Waals surface area contributed by atoms with Crippen LogP contribution in [0.4, 0.5) is 5.69 Å². The first-order valence-electron chi connectivity index (χ1n) is 13.1. The fraction of sp³-hybridized carbons (Fsp3) is 0.536. The van der Waals surface area contributed by atoms with Crippen LogP contribution in [0.1, 0.15) is 63.5 Å². The topological polar surface area (TPSA) is 77.0 Å². The number of carbonyl (C=O) groups excluding carboxylic acids is 2. The summed E-state index contributed by atoms with van der Waals surface area (Å²) in [4.78, 5) is 35.0. The number of benzene rings is 1. The van der Waals surface area contributed by atoms with Gasteiger partial charge in [-0.25, -0.2) is 5.43 Å². The van der Waals surface area contributed by atoms with Gasteiger partial charge < -0.3 is 10.3 Å². The van der Waals surface area contributed by atoms with Crippen LogP contribution in [0.3, 0.4) is 0 Å². The predicted octanol–water partition coefficient (Wildman–Crippen LogP) is 3.64. The lowest BCUT2D eigenvalue weighted by molar-refractivity contribution is -0.143. The van der Waals surface area contributed by atoms with Crippen LogP contribution in [-0.4, -0.2) is 52.6 Å². The smallest absolute Gasteiger partial charge is 0.256 e. The minimum Gasteiger partial charge on any atom is -0.341 e. The number of nitrogens with one attached hydrogen (secondary N) is 2. The van der Waals surface area contributed by atoms with Crippen molar-refractivity contribution in [3.8, 4) is 0 Å². The van der Waals surface area contributed by atoms with Crippen molar-refractivity contribution < 1.29 is 9.59 Å². The molecule has 2 amide bonds. The van der Waals surface area contributed by atoms with E-state index in [1.54, 1.807) is 0 Å². The number of hydrogen-bond donors (Lipinski definition) is 2. The summed E-state index contributed by atoms with van der Waals surface area (Å²) in [6.45, 7) is 7.30. The fourth-order valence-electron chi connectivity index (χ4n) is 6.07. The molecular weight excluding hydrogens is 438 g/mol. The second kappa shape index (κ2) is 7.29. The van der Waals surface area contributed by atoms with E-state index in [0.717, 1.165) is 69.7 Å². The molecular formula is C28H33N5O2.